The number of fused-ring (bicyclic) bond motifs is 2. The van der Waals surface area contributed by atoms with Gasteiger partial charge >= 0.3 is 0 Å². The molecule has 0 spiro atoms. The summed E-state index contributed by atoms with van der Waals surface area (Å²) < 4.78 is 6.45. The number of hydrogen-bond donors (Lipinski definition) is 0. The van der Waals surface area contributed by atoms with E-state index in [0.29, 0.717) is 5.82 Å². The lowest BCUT2D eigenvalue weighted by Gasteiger charge is -2.22. The van der Waals surface area contributed by atoms with E-state index < -0.39 is 0 Å². The molecule has 0 radical (unpaired) electrons. The van der Waals surface area contributed by atoms with Gasteiger partial charge in [-0.25, -0.2) is 9.97 Å². The number of aromatic nitrogens is 2. The smallest absolute Gasteiger partial charge is 0.160 e. The van der Waals surface area contributed by atoms with Crippen molar-refractivity contribution < 1.29 is 4.74 Å². The molecule has 2 heterocycles. The average molecular weight is 525 g/mol. The van der Waals surface area contributed by atoms with Gasteiger partial charge < -0.3 is 4.74 Å². The molecule has 192 valence electrons. The Morgan fingerprint density at radius 2 is 1.00 bits per heavy atom. The zero-order chi connectivity index (χ0) is 27.2. The lowest BCUT2D eigenvalue weighted by molar-refractivity contribution is 0.487. The second kappa shape index (κ2) is 9.58. The van der Waals surface area contributed by atoms with Crippen molar-refractivity contribution in [3.63, 3.8) is 0 Å². The van der Waals surface area contributed by atoms with E-state index in [0.717, 1.165) is 50.5 Å². The van der Waals surface area contributed by atoms with Crippen molar-refractivity contribution in [2.45, 2.75) is 0 Å². The summed E-state index contributed by atoms with van der Waals surface area (Å²) in [6, 6.07) is 50.2. The fourth-order valence-electron chi connectivity index (χ4n) is 5.65. The minimum atomic E-state index is 0.694. The van der Waals surface area contributed by atoms with Crippen LogP contribution >= 0.6 is 0 Å². The number of ether oxygens (including phenoxy) is 1. The Bertz CT molecular complexity index is 2040. The number of nitrogens with zero attached hydrogens (tertiary/aromatic N) is 2. The Labute approximate surface area is 238 Å². The normalized spacial score (nSPS) is 11.6. The Kier molecular flexibility index (Phi) is 5.46. The number of benzene rings is 6. The summed E-state index contributed by atoms with van der Waals surface area (Å²) in [5.74, 6) is 2.41. The molecule has 0 unspecified atom stereocenters. The van der Waals surface area contributed by atoms with E-state index in [4.69, 9.17) is 14.7 Å². The predicted octanol–water partition coefficient (Wildman–Crippen LogP) is 10.1. The molecular weight excluding hydrogens is 500 g/mol. The van der Waals surface area contributed by atoms with Gasteiger partial charge in [-0.05, 0) is 46.3 Å². The van der Waals surface area contributed by atoms with Crippen molar-refractivity contribution in [3.05, 3.63) is 146 Å². The summed E-state index contributed by atoms with van der Waals surface area (Å²) in [5.41, 5.74) is 9.38. The van der Waals surface area contributed by atoms with Crippen LogP contribution < -0.4 is 4.74 Å². The fraction of sp³-hybridized carbons (Fsp3) is 0. The van der Waals surface area contributed by atoms with Gasteiger partial charge in [-0.15, -0.1) is 0 Å². The molecule has 7 aromatic rings. The maximum atomic E-state index is 6.45. The second-order valence-electron chi connectivity index (χ2n) is 10.2. The number of rotatable bonds is 4. The first-order chi connectivity index (χ1) is 20.3. The minimum Gasteiger partial charge on any atom is -0.456 e. The standard InChI is InChI=1S/C38H24N2O/c1-3-9-25(10-4-1)26-17-19-27(20-18-26)33-24-34(40-38(39-33)29-11-5-2-6-12-29)30-21-22-31-32-15-7-13-28-14-8-16-35(37(28)32)41-36(31)23-30/h1-24H. The Hall–Kier alpha value is -5.54. The zero-order valence-corrected chi connectivity index (χ0v) is 22.2. The highest BCUT2D eigenvalue weighted by Crippen LogP contribution is 2.47. The molecular formula is C38H24N2O. The van der Waals surface area contributed by atoms with Crippen molar-refractivity contribution in [1.29, 1.82) is 0 Å². The summed E-state index contributed by atoms with van der Waals surface area (Å²) in [6.45, 7) is 0. The molecule has 0 aliphatic carbocycles. The van der Waals surface area contributed by atoms with E-state index in [1.54, 1.807) is 0 Å². The molecule has 1 aliphatic heterocycles. The molecule has 1 aliphatic rings. The Balaban J connectivity index is 1.25. The van der Waals surface area contributed by atoms with Gasteiger partial charge in [-0.2, -0.15) is 0 Å². The van der Waals surface area contributed by atoms with Gasteiger partial charge in [0.05, 0.1) is 11.4 Å². The third-order valence-corrected chi connectivity index (χ3v) is 7.70. The van der Waals surface area contributed by atoms with Crippen LogP contribution in [0.2, 0.25) is 0 Å². The zero-order valence-electron chi connectivity index (χ0n) is 22.2. The highest BCUT2D eigenvalue weighted by Gasteiger charge is 2.21. The largest absolute Gasteiger partial charge is 0.456 e. The second-order valence-corrected chi connectivity index (χ2v) is 10.2. The van der Waals surface area contributed by atoms with Gasteiger partial charge in [0, 0.05) is 27.6 Å². The maximum Gasteiger partial charge on any atom is 0.160 e. The van der Waals surface area contributed by atoms with E-state index in [2.05, 4.69) is 109 Å². The first kappa shape index (κ1) is 23.4. The van der Waals surface area contributed by atoms with E-state index in [1.807, 2.05) is 36.4 Å². The molecule has 0 amide bonds. The van der Waals surface area contributed by atoms with Crippen molar-refractivity contribution >= 4 is 10.8 Å². The minimum absolute atomic E-state index is 0.694. The quantitative estimate of drug-likeness (QED) is 0.230. The summed E-state index contributed by atoms with van der Waals surface area (Å²) in [7, 11) is 0. The van der Waals surface area contributed by atoms with Gasteiger partial charge in [0.15, 0.2) is 5.82 Å². The van der Waals surface area contributed by atoms with E-state index >= 15 is 0 Å². The monoisotopic (exact) mass is 524 g/mol. The Morgan fingerprint density at radius 1 is 0.390 bits per heavy atom. The van der Waals surface area contributed by atoms with Gasteiger partial charge in [0.25, 0.3) is 0 Å². The van der Waals surface area contributed by atoms with Crippen LogP contribution in [0.15, 0.2) is 146 Å². The molecule has 3 heteroatoms. The summed E-state index contributed by atoms with van der Waals surface area (Å²) >= 11 is 0. The molecule has 0 fully saturated rings. The van der Waals surface area contributed by atoms with Crippen LogP contribution in [0.5, 0.6) is 11.5 Å². The van der Waals surface area contributed by atoms with Crippen LogP contribution in [0.1, 0.15) is 0 Å². The number of hydrogen-bond acceptors (Lipinski definition) is 3. The van der Waals surface area contributed by atoms with Gasteiger partial charge in [0.2, 0.25) is 0 Å². The molecule has 6 aromatic carbocycles. The maximum absolute atomic E-state index is 6.45. The molecule has 0 saturated heterocycles. The molecule has 0 N–H and O–H groups in total. The van der Waals surface area contributed by atoms with Crippen LogP contribution in [0.3, 0.4) is 0 Å². The highest BCUT2D eigenvalue weighted by molar-refractivity contribution is 6.04. The average Bonchev–Trinajstić information content (AvgIpc) is 3.05. The van der Waals surface area contributed by atoms with Crippen molar-refractivity contribution in [2.24, 2.45) is 0 Å². The summed E-state index contributed by atoms with van der Waals surface area (Å²) in [4.78, 5) is 10.0. The molecule has 8 rings (SSSR count). The van der Waals surface area contributed by atoms with Crippen LogP contribution in [-0.2, 0) is 0 Å². The van der Waals surface area contributed by atoms with E-state index in [9.17, 15) is 0 Å². The van der Waals surface area contributed by atoms with Crippen LogP contribution in [0.25, 0.3) is 66.9 Å². The lowest BCUT2D eigenvalue weighted by Crippen LogP contribution is -1.99. The topological polar surface area (TPSA) is 35.0 Å². The Morgan fingerprint density at radius 3 is 1.76 bits per heavy atom. The van der Waals surface area contributed by atoms with Crippen LogP contribution in [-0.4, -0.2) is 9.97 Å². The molecule has 0 saturated carbocycles. The van der Waals surface area contributed by atoms with Gasteiger partial charge in [0.1, 0.15) is 11.5 Å². The molecule has 3 nitrogen and oxygen atoms in total. The van der Waals surface area contributed by atoms with E-state index in [1.165, 1.54) is 22.1 Å². The van der Waals surface area contributed by atoms with Crippen molar-refractivity contribution in [3.8, 4) is 67.7 Å². The summed E-state index contributed by atoms with van der Waals surface area (Å²) in [5, 5.41) is 2.34. The highest BCUT2D eigenvalue weighted by atomic mass is 16.5. The third-order valence-electron chi connectivity index (χ3n) is 7.70. The van der Waals surface area contributed by atoms with Crippen LogP contribution in [0, 0.1) is 0 Å². The van der Waals surface area contributed by atoms with Crippen molar-refractivity contribution in [1.82, 2.24) is 9.97 Å². The molecule has 0 atom stereocenters. The molecule has 41 heavy (non-hydrogen) atoms. The lowest BCUT2D eigenvalue weighted by atomic mass is 9.93. The van der Waals surface area contributed by atoms with Crippen LogP contribution in [0.4, 0.5) is 0 Å². The third kappa shape index (κ3) is 4.16. The first-order valence-corrected chi connectivity index (χ1v) is 13.7. The fourth-order valence-corrected chi connectivity index (χ4v) is 5.65. The SMILES string of the molecule is c1ccc(-c2ccc(-c3cc(-c4ccc5c(c4)Oc4cccc6cccc-5c46)nc(-c4ccccc4)n3)cc2)cc1. The van der Waals surface area contributed by atoms with Gasteiger partial charge in [-0.1, -0.05) is 121 Å². The van der Waals surface area contributed by atoms with Crippen molar-refractivity contribution in [2.75, 3.05) is 0 Å². The molecule has 0 bridgehead atoms. The molecule has 1 aromatic heterocycles. The van der Waals surface area contributed by atoms with E-state index in [-0.39, 0.29) is 0 Å². The summed E-state index contributed by atoms with van der Waals surface area (Å²) in [6.07, 6.45) is 0. The first-order valence-electron chi connectivity index (χ1n) is 13.7. The van der Waals surface area contributed by atoms with Gasteiger partial charge in [-0.3, -0.25) is 0 Å². The predicted molar refractivity (Wildman–Crippen MR) is 167 cm³/mol.